The van der Waals surface area contributed by atoms with Gasteiger partial charge in [0.05, 0.1) is 22.3 Å². The number of halogens is 4. The van der Waals surface area contributed by atoms with E-state index < -0.39 is 27.6 Å². The van der Waals surface area contributed by atoms with Gasteiger partial charge >= 0.3 is 6.18 Å². The van der Waals surface area contributed by atoms with Crippen LogP contribution < -0.4 is 10.6 Å². The average Bonchev–Trinajstić information content (AvgIpc) is 3.29. The maximum Gasteiger partial charge on any atom is 0.416 e. The van der Waals surface area contributed by atoms with Crippen LogP contribution in [0.2, 0.25) is 5.02 Å². The number of aryl methyl sites for hydroxylation is 1. The number of alkyl halides is 3. The summed E-state index contributed by atoms with van der Waals surface area (Å²) in [5, 5.41) is 6.71. The molecule has 0 aliphatic heterocycles. The van der Waals surface area contributed by atoms with Crippen molar-refractivity contribution >= 4 is 38.3 Å². The van der Waals surface area contributed by atoms with Crippen LogP contribution >= 0.6 is 11.6 Å². The number of rotatable bonds is 10. The van der Waals surface area contributed by atoms with Crippen molar-refractivity contribution in [1.82, 2.24) is 10.6 Å². The summed E-state index contributed by atoms with van der Waals surface area (Å²) in [5.41, 5.74) is 1.43. The van der Waals surface area contributed by atoms with Gasteiger partial charge in [-0.25, -0.2) is 8.42 Å². The largest absolute Gasteiger partial charge is 0.460 e. The number of likely N-dealkylation sites (N-methyl/N-ethyl adjacent to an activating group) is 1. The van der Waals surface area contributed by atoms with E-state index in [0.29, 0.717) is 29.9 Å². The summed E-state index contributed by atoms with van der Waals surface area (Å²) in [6, 6.07) is 14.6. The molecular formula is C30H30ClF3N2O4S. The fourth-order valence-electron chi connectivity index (χ4n) is 4.78. The Morgan fingerprint density at radius 2 is 1.73 bits per heavy atom. The highest BCUT2D eigenvalue weighted by Gasteiger charge is 2.34. The Labute approximate surface area is 241 Å². The second-order valence-corrected chi connectivity index (χ2v) is 12.3. The van der Waals surface area contributed by atoms with E-state index in [1.54, 1.807) is 44.3 Å². The van der Waals surface area contributed by atoms with Gasteiger partial charge in [0.1, 0.15) is 11.3 Å². The molecule has 0 spiro atoms. The highest BCUT2D eigenvalue weighted by Crippen LogP contribution is 2.36. The lowest BCUT2D eigenvalue weighted by molar-refractivity contribution is -0.138. The molecule has 1 aromatic heterocycles. The van der Waals surface area contributed by atoms with Gasteiger partial charge in [-0.05, 0) is 61.0 Å². The fraction of sp³-hybridized carbons (Fsp3) is 0.300. The Bertz CT molecular complexity index is 1670. The first-order chi connectivity index (χ1) is 19.4. The number of carbonyl (C=O) groups excluding carboxylic acids is 1. The lowest BCUT2D eigenvalue weighted by atomic mass is 9.99. The number of sulfone groups is 1. The SMILES string of the molecule is CCc1c(Cc2ccc(Cl)cc2C(F)(F)F)oc2cc(C(=O)N[C@@H](CNC)c3ccc(S(=O)(=O)CC)cc3)ccc12. The molecule has 1 amide bonds. The first kappa shape index (κ1) is 30.6. The number of nitrogens with one attached hydrogen (secondary N) is 2. The maximum absolute atomic E-state index is 13.7. The number of furan rings is 1. The van der Waals surface area contributed by atoms with E-state index >= 15 is 0 Å². The molecule has 0 saturated heterocycles. The molecular weight excluding hydrogens is 577 g/mol. The summed E-state index contributed by atoms with van der Waals surface area (Å²) in [5.74, 6) is -0.00308. The van der Waals surface area contributed by atoms with E-state index in [2.05, 4.69) is 10.6 Å². The third-order valence-electron chi connectivity index (χ3n) is 6.96. The van der Waals surface area contributed by atoms with Gasteiger partial charge in [-0.1, -0.05) is 49.7 Å². The van der Waals surface area contributed by atoms with Crippen molar-refractivity contribution in [3.8, 4) is 0 Å². The van der Waals surface area contributed by atoms with Crippen molar-refractivity contribution in [3.05, 3.63) is 99.3 Å². The molecule has 0 radical (unpaired) electrons. The van der Waals surface area contributed by atoms with Gasteiger partial charge in [-0.2, -0.15) is 13.2 Å². The van der Waals surface area contributed by atoms with Crippen molar-refractivity contribution < 1.29 is 30.8 Å². The molecule has 0 aliphatic rings. The highest BCUT2D eigenvalue weighted by atomic mass is 35.5. The lowest BCUT2D eigenvalue weighted by Gasteiger charge is -2.19. The van der Waals surface area contributed by atoms with Crippen LogP contribution in [0.5, 0.6) is 0 Å². The van der Waals surface area contributed by atoms with Crippen LogP contribution in [0.25, 0.3) is 11.0 Å². The first-order valence-corrected chi connectivity index (χ1v) is 15.1. The molecule has 0 saturated carbocycles. The Morgan fingerprint density at radius 3 is 2.34 bits per heavy atom. The lowest BCUT2D eigenvalue weighted by Crippen LogP contribution is -2.34. The minimum atomic E-state index is -4.57. The fourth-order valence-corrected chi connectivity index (χ4v) is 5.84. The van der Waals surface area contributed by atoms with E-state index in [1.165, 1.54) is 24.3 Å². The Kier molecular flexibility index (Phi) is 9.16. The maximum atomic E-state index is 13.7. The number of hydrogen-bond donors (Lipinski definition) is 2. The minimum Gasteiger partial charge on any atom is -0.460 e. The summed E-state index contributed by atoms with van der Waals surface area (Å²) in [7, 11) is -1.61. The summed E-state index contributed by atoms with van der Waals surface area (Å²) < 4.78 is 71.3. The van der Waals surface area contributed by atoms with Crippen LogP contribution in [-0.4, -0.2) is 33.7 Å². The van der Waals surface area contributed by atoms with E-state index in [1.807, 2.05) is 6.92 Å². The predicted molar refractivity (Wildman–Crippen MR) is 153 cm³/mol. The summed E-state index contributed by atoms with van der Waals surface area (Å²) >= 11 is 5.83. The van der Waals surface area contributed by atoms with Gasteiger partial charge in [0.25, 0.3) is 5.91 Å². The standard InChI is InChI=1S/C30H30ClF3N2O4S/c1-4-23-24-13-9-20(15-28(24)40-27(23)14-19-6-10-21(31)16-25(19)30(32,33)34)29(37)36-26(17-35-3)18-7-11-22(12-8-18)41(38,39)5-2/h6-13,15-16,26,35H,4-5,14,17H2,1-3H3,(H,36,37)/t26-/m0/s1. The van der Waals surface area contributed by atoms with E-state index in [-0.39, 0.29) is 33.6 Å². The van der Waals surface area contributed by atoms with E-state index in [0.717, 1.165) is 22.6 Å². The molecule has 0 bridgehead atoms. The minimum absolute atomic E-state index is 0.00411. The van der Waals surface area contributed by atoms with Crippen LogP contribution in [0.1, 0.15) is 58.3 Å². The number of benzene rings is 3. The topological polar surface area (TPSA) is 88.4 Å². The second-order valence-electron chi connectivity index (χ2n) is 9.60. The molecule has 1 atom stereocenters. The average molecular weight is 607 g/mol. The van der Waals surface area contributed by atoms with E-state index in [4.69, 9.17) is 16.0 Å². The number of hydrogen-bond acceptors (Lipinski definition) is 5. The van der Waals surface area contributed by atoms with Gasteiger partial charge in [-0.3, -0.25) is 4.79 Å². The quantitative estimate of drug-likeness (QED) is 0.209. The highest BCUT2D eigenvalue weighted by molar-refractivity contribution is 7.91. The molecule has 4 aromatic rings. The van der Waals surface area contributed by atoms with Gasteiger partial charge in [-0.15, -0.1) is 0 Å². The third-order valence-corrected chi connectivity index (χ3v) is 8.94. The van der Waals surface area contributed by atoms with Crippen molar-refractivity contribution in [2.24, 2.45) is 0 Å². The van der Waals surface area contributed by atoms with Crippen molar-refractivity contribution in [2.45, 2.75) is 43.8 Å². The molecule has 41 heavy (non-hydrogen) atoms. The van der Waals surface area contributed by atoms with Crippen molar-refractivity contribution in [3.63, 3.8) is 0 Å². The number of carbonyl (C=O) groups is 1. The molecule has 0 aliphatic carbocycles. The third kappa shape index (κ3) is 6.77. The van der Waals surface area contributed by atoms with Crippen LogP contribution in [0.4, 0.5) is 13.2 Å². The number of amides is 1. The monoisotopic (exact) mass is 606 g/mol. The molecule has 3 aromatic carbocycles. The van der Waals surface area contributed by atoms with Crippen LogP contribution in [0.3, 0.4) is 0 Å². The van der Waals surface area contributed by atoms with Crippen LogP contribution in [-0.2, 0) is 28.9 Å². The van der Waals surface area contributed by atoms with Crippen LogP contribution in [0, 0.1) is 0 Å². The summed E-state index contributed by atoms with van der Waals surface area (Å²) in [6.45, 7) is 3.86. The van der Waals surface area contributed by atoms with Crippen LogP contribution in [0.15, 0.2) is 70.0 Å². The predicted octanol–water partition coefficient (Wildman–Crippen LogP) is 6.74. The molecule has 0 fully saturated rings. The Hall–Kier alpha value is -3.34. The molecule has 2 N–H and O–H groups in total. The first-order valence-electron chi connectivity index (χ1n) is 13.1. The van der Waals surface area contributed by atoms with Gasteiger partial charge < -0.3 is 15.1 Å². The van der Waals surface area contributed by atoms with Gasteiger partial charge in [0.2, 0.25) is 0 Å². The smallest absolute Gasteiger partial charge is 0.416 e. The molecule has 4 rings (SSSR count). The zero-order chi connectivity index (χ0) is 29.9. The molecule has 0 unspecified atom stereocenters. The molecule has 6 nitrogen and oxygen atoms in total. The molecule has 11 heteroatoms. The normalized spacial score (nSPS) is 13.0. The Balaban J connectivity index is 1.62. The molecule has 1 heterocycles. The van der Waals surface area contributed by atoms with Gasteiger partial charge in [0, 0.05) is 34.5 Å². The Morgan fingerprint density at radius 1 is 1.02 bits per heavy atom. The zero-order valence-corrected chi connectivity index (χ0v) is 24.3. The van der Waals surface area contributed by atoms with Crippen molar-refractivity contribution in [2.75, 3.05) is 19.3 Å². The van der Waals surface area contributed by atoms with E-state index in [9.17, 15) is 26.4 Å². The summed E-state index contributed by atoms with van der Waals surface area (Å²) in [4.78, 5) is 13.5. The number of fused-ring (bicyclic) bond motifs is 1. The summed E-state index contributed by atoms with van der Waals surface area (Å²) in [6.07, 6.45) is -4.13. The second kappa shape index (κ2) is 12.3. The molecule has 218 valence electrons. The van der Waals surface area contributed by atoms with Crippen molar-refractivity contribution in [1.29, 1.82) is 0 Å². The van der Waals surface area contributed by atoms with Gasteiger partial charge in [0.15, 0.2) is 9.84 Å². The zero-order valence-electron chi connectivity index (χ0n) is 22.7.